The Labute approximate surface area is 133 Å². The fraction of sp³-hybridized carbons (Fsp3) is 0.417. The first kappa shape index (κ1) is 15.3. The quantitative estimate of drug-likeness (QED) is 0.869. The molecule has 1 unspecified atom stereocenters. The van der Waals surface area contributed by atoms with Crippen molar-refractivity contribution in [1.82, 2.24) is 9.55 Å². The van der Waals surface area contributed by atoms with E-state index in [0.29, 0.717) is 16.1 Å². The third kappa shape index (κ3) is 2.40. The number of alkyl halides is 1. The molecule has 5 nitrogen and oxygen atoms in total. The number of aliphatic hydroxyl groups excluding tert-OH is 2. The maximum atomic E-state index is 12.8. The van der Waals surface area contributed by atoms with Crippen LogP contribution in [0.4, 0.5) is 4.39 Å². The van der Waals surface area contributed by atoms with Gasteiger partial charge in [0.2, 0.25) is 5.28 Å². The van der Waals surface area contributed by atoms with Crippen LogP contribution in [-0.2, 0) is 4.74 Å². The summed E-state index contributed by atoms with van der Waals surface area (Å²) in [5.41, 5.74) is 0.911. The number of aliphatic hydroxyl groups is 2. The molecule has 114 valence electrons. The summed E-state index contributed by atoms with van der Waals surface area (Å²) in [5.74, 6) is 0. The number of aromatic nitrogens is 2. The van der Waals surface area contributed by atoms with Gasteiger partial charge in [0.05, 0.1) is 21.1 Å². The third-order valence-electron chi connectivity index (χ3n) is 3.43. The molecule has 2 heterocycles. The fourth-order valence-electron chi connectivity index (χ4n) is 2.37. The lowest BCUT2D eigenvalue weighted by Gasteiger charge is -2.18. The zero-order chi connectivity index (χ0) is 15.3. The highest BCUT2D eigenvalue weighted by Crippen LogP contribution is 2.37. The second-order valence-electron chi connectivity index (χ2n) is 4.71. The van der Waals surface area contributed by atoms with Crippen molar-refractivity contribution < 1.29 is 19.3 Å². The summed E-state index contributed by atoms with van der Waals surface area (Å²) in [6.07, 6.45) is -4.87. The van der Waals surface area contributed by atoms with Gasteiger partial charge in [0.1, 0.15) is 25.0 Å². The Morgan fingerprint density at radius 1 is 1.19 bits per heavy atom. The van der Waals surface area contributed by atoms with Gasteiger partial charge in [-0.2, -0.15) is 0 Å². The van der Waals surface area contributed by atoms with Crippen molar-refractivity contribution in [3.05, 3.63) is 27.5 Å². The maximum absolute atomic E-state index is 12.8. The van der Waals surface area contributed by atoms with Gasteiger partial charge >= 0.3 is 0 Å². The first-order valence-corrected chi connectivity index (χ1v) is 7.17. The Hall–Kier alpha value is -0.630. The summed E-state index contributed by atoms with van der Waals surface area (Å²) < 4.78 is 19.5. The summed E-state index contributed by atoms with van der Waals surface area (Å²) in [6, 6.07) is 3.04. The molecule has 1 fully saturated rings. The van der Waals surface area contributed by atoms with E-state index in [-0.39, 0.29) is 10.3 Å². The predicted octanol–water partition coefficient (Wildman–Crippen LogP) is 2.59. The van der Waals surface area contributed by atoms with E-state index < -0.39 is 31.2 Å². The van der Waals surface area contributed by atoms with Crippen LogP contribution < -0.4 is 0 Å². The molecule has 21 heavy (non-hydrogen) atoms. The van der Waals surface area contributed by atoms with Gasteiger partial charge < -0.3 is 14.9 Å². The molecule has 0 radical (unpaired) electrons. The monoisotopic (exact) mass is 354 g/mol. The molecule has 1 aromatic carbocycles. The van der Waals surface area contributed by atoms with Crippen molar-refractivity contribution >= 4 is 45.8 Å². The number of nitrogens with zero attached hydrogens (tertiary/aromatic N) is 2. The zero-order valence-corrected chi connectivity index (χ0v) is 12.6. The molecule has 3 rings (SSSR count). The van der Waals surface area contributed by atoms with E-state index in [2.05, 4.69) is 4.98 Å². The van der Waals surface area contributed by atoms with Gasteiger partial charge in [-0.15, -0.1) is 0 Å². The number of hydrogen-bond acceptors (Lipinski definition) is 4. The fourth-order valence-corrected chi connectivity index (χ4v) is 2.97. The van der Waals surface area contributed by atoms with E-state index in [1.807, 2.05) is 0 Å². The Kier molecular flexibility index (Phi) is 4.02. The number of benzene rings is 1. The molecule has 0 saturated carbocycles. The van der Waals surface area contributed by atoms with Crippen molar-refractivity contribution in [2.75, 3.05) is 6.67 Å². The van der Waals surface area contributed by atoms with Crippen LogP contribution in [0, 0.1) is 0 Å². The normalized spacial score (nSPS) is 29.4. The minimum Gasteiger partial charge on any atom is -0.387 e. The van der Waals surface area contributed by atoms with Crippen LogP contribution in [-0.4, -0.2) is 44.8 Å². The largest absolute Gasteiger partial charge is 0.387 e. The van der Waals surface area contributed by atoms with Gasteiger partial charge in [0, 0.05) is 0 Å². The van der Waals surface area contributed by atoms with Crippen LogP contribution in [0.15, 0.2) is 12.1 Å². The topological polar surface area (TPSA) is 67.5 Å². The number of imidazole rings is 1. The number of halogens is 4. The highest BCUT2D eigenvalue weighted by molar-refractivity contribution is 6.42. The van der Waals surface area contributed by atoms with Gasteiger partial charge in [-0.3, -0.25) is 4.57 Å². The van der Waals surface area contributed by atoms with Crippen molar-refractivity contribution in [3.8, 4) is 0 Å². The van der Waals surface area contributed by atoms with Crippen LogP contribution in [0.2, 0.25) is 15.3 Å². The van der Waals surface area contributed by atoms with Crippen molar-refractivity contribution in [1.29, 1.82) is 0 Å². The molecular formula is C12H10Cl3FN2O3. The lowest BCUT2D eigenvalue weighted by atomic mass is 10.1. The molecule has 1 aliphatic heterocycles. The summed E-state index contributed by atoms with van der Waals surface area (Å²) in [4.78, 5) is 4.09. The first-order chi connectivity index (χ1) is 9.93. The van der Waals surface area contributed by atoms with Crippen LogP contribution in [0.3, 0.4) is 0 Å². The molecule has 1 aromatic heterocycles. The standard InChI is InChI=1S/C12H10Cl3FN2O3/c13-4-1-6-7(2-5(4)14)18(12(15)17-6)11-10(20)9(19)8(3-16)21-11/h1-2,8-11,19-20H,3H2/t8-,9-,10-,11?/m1/s1. The van der Waals surface area contributed by atoms with E-state index in [0.717, 1.165) is 0 Å². The lowest BCUT2D eigenvalue weighted by molar-refractivity contribution is -0.0404. The Bertz CT molecular complexity index is 696. The van der Waals surface area contributed by atoms with E-state index in [9.17, 15) is 14.6 Å². The van der Waals surface area contributed by atoms with Crippen molar-refractivity contribution in [2.24, 2.45) is 0 Å². The van der Waals surface area contributed by atoms with Gasteiger partial charge in [-0.1, -0.05) is 23.2 Å². The lowest BCUT2D eigenvalue weighted by Crippen LogP contribution is -2.32. The molecule has 1 saturated heterocycles. The van der Waals surface area contributed by atoms with E-state index in [4.69, 9.17) is 39.5 Å². The number of hydrogen-bond donors (Lipinski definition) is 2. The van der Waals surface area contributed by atoms with Crippen molar-refractivity contribution in [3.63, 3.8) is 0 Å². The van der Waals surface area contributed by atoms with Crippen LogP contribution >= 0.6 is 34.8 Å². The van der Waals surface area contributed by atoms with E-state index in [1.54, 1.807) is 0 Å². The minimum absolute atomic E-state index is 0.0130. The van der Waals surface area contributed by atoms with E-state index >= 15 is 0 Å². The highest BCUT2D eigenvalue weighted by atomic mass is 35.5. The molecular weight excluding hydrogens is 346 g/mol. The Morgan fingerprint density at radius 3 is 2.48 bits per heavy atom. The Balaban J connectivity index is 2.12. The smallest absolute Gasteiger partial charge is 0.206 e. The molecule has 0 aliphatic carbocycles. The predicted molar refractivity (Wildman–Crippen MR) is 76.7 cm³/mol. The van der Waals surface area contributed by atoms with Gasteiger partial charge in [0.25, 0.3) is 0 Å². The minimum atomic E-state index is -1.35. The van der Waals surface area contributed by atoms with Crippen LogP contribution in [0.5, 0.6) is 0 Å². The second-order valence-corrected chi connectivity index (χ2v) is 5.86. The first-order valence-electron chi connectivity index (χ1n) is 6.04. The molecule has 9 heteroatoms. The third-order valence-corrected chi connectivity index (χ3v) is 4.42. The average molecular weight is 356 g/mol. The second kappa shape index (κ2) is 5.53. The van der Waals surface area contributed by atoms with Crippen molar-refractivity contribution in [2.45, 2.75) is 24.5 Å². The average Bonchev–Trinajstić information content (AvgIpc) is 2.89. The molecule has 2 N–H and O–H groups in total. The molecule has 1 aliphatic rings. The zero-order valence-electron chi connectivity index (χ0n) is 10.4. The SMILES string of the molecule is O[C@@H]1[C@@H](CF)OC(n2c(Cl)nc3cc(Cl)c(Cl)cc32)[C@@H]1O. The summed E-state index contributed by atoms with van der Waals surface area (Å²) in [5, 5.41) is 20.4. The molecule has 0 amide bonds. The summed E-state index contributed by atoms with van der Waals surface area (Å²) in [6.45, 7) is -0.925. The Morgan fingerprint density at radius 2 is 1.86 bits per heavy atom. The van der Waals surface area contributed by atoms with Gasteiger partial charge in [-0.05, 0) is 23.7 Å². The van der Waals surface area contributed by atoms with Crippen LogP contribution in [0.1, 0.15) is 6.23 Å². The highest BCUT2D eigenvalue weighted by Gasteiger charge is 2.44. The summed E-state index contributed by atoms with van der Waals surface area (Å²) >= 11 is 17.9. The summed E-state index contributed by atoms with van der Waals surface area (Å²) in [7, 11) is 0. The number of ether oxygens (including phenoxy) is 1. The molecule has 0 bridgehead atoms. The van der Waals surface area contributed by atoms with E-state index in [1.165, 1.54) is 16.7 Å². The molecule has 4 atom stereocenters. The number of fused-ring (bicyclic) bond motifs is 1. The van der Waals surface area contributed by atoms with Gasteiger partial charge in [0.15, 0.2) is 6.23 Å². The maximum Gasteiger partial charge on any atom is 0.206 e. The molecule has 0 spiro atoms. The molecule has 2 aromatic rings. The van der Waals surface area contributed by atoms with Crippen LogP contribution in [0.25, 0.3) is 11.0 Å². The van der Waals surface area contributed by atoms with Gasteiger partial charge in [-0.25, -0.2) is 9.37 Å². The number of rotatable bonds is 2.